The summed E-state index contributed by atoms with van der Waals surface area (Å²) in [4.78, 5) is 0. The molecule has 0 aromatic heterocycles. The molecule has 0 rings (SSSR count). The quantitative estimate of drug-likeness (QED) is 0.236. The third-order valence-corrected chi connectivity index (χ3v) is 3.46. The van der Waals surface area contributed by atoms with E-state index in [0.717, 1.165) is 0 Å². The Bertz CT molecular complexity index is 112. The Morgan fingerprint density at radius 3 is 0.650 bits per heavy atom. The molecule has 0 spiro atoms. The average molecular weight is 283 g/mol. The van der Waals surface area contributed by atoms with Gasteiger partial charge in [0.25, 0.3) is 0 Å². The minimum atomic E-state index is 1.37. The molecular formula is C20H42. The first-order chi connectivity index (χ1) is 9.91. The second kappa shape index (κ2) is 31.1. The maximum atomic E-state index is 3.00. The van der Waals surface area contributed by atoms with Gasteiger partial charge in [0, 0.05) is 0 Å². The van der Waals surface area contributed by atoms with E-state index in [1.807, 2.05) is 0 Å². The lowest BCUT2D eigenvalue weighted by atomic mass is 10.0. The van der Waals surface area contributed by atoms with E-state index in [-0.39, 0.29) is 0 Å². The van der Waals surface area contributed by atoms with Crippen LogP contribution >= 0.6 is 0 Å². The van der Waals surface area contributed by atoms with Gasteiger partial charge in [0.15, 0.2) is 0 Å². The van der Waals surface area contributed by atoms with Crippen LogP contribution in [0.4, 0.5) is 0 Å². The van der Waals surface area contributed by atoms with Gasteiger partial charge in [0.1, 0.15) is 0 Å². The highest BCUT2D eigenvalue weighted by atomic mass is 14.0. The van der Waals surface area contributed by atoms with E-state index in [9.17, 15) is 0 Å². The topological polar surface area (TPSA) is 0 Å². The molecule has 122 valence electrons. The van der Waals surface area contributed by atoms with Gasteiger partial charge in [-0.15, -0.1) is 26.3 Å². The summed E-state index contributed by atoms with van der Waals surface area (Å²) in [7, 11) is 0. The summed E-state index contributed by atoms with van der Waals surface area (Å²) in [6, 6.07) is 0. The molecule has 0 bridgehead atoms. The van der Waals surface area contributed by atoms with E-state index >= 15 is 0 Å². The van der Waals surface area contributed by atoms with Gasteiger partial charge >= 0.3 is 0 Å². The molecular weight excluding hydrogens is 240 g/mol. The molecule has 0 aliphatic heterocycles. The molecule has 0 amide bonds. The summed E-state index contributed by atoms with van der Waals surface area (Å²) in [6.07, 6.45) is 20.4. The van der Waals surface area contributed by atoms with E-state index in [1.54, 1.807) is 0 Å². The van der Waals surface area contributed by atoms with Gasteiger partial charge < -0.3 is 0 Å². The monoisotopic (exact) mass is 282 g/mol. The molecule has 0 aliphatic rings. The van der Waals surface area contributed by atoms with Crippen LogP contribution in [0.25, 0.3) is 0 Å². The molecule has 0 aromatic rings. The van der Waals surface area contributed by atoms with Crippen LogP contribution in [-0.2, 0) is 0 Å². The molecule has 0 atom stereocenters. The maximum Gasteiger partial charge on any atom is -0.0533 e. The summed E-state index contributed by atoms with van der Waals surface area (Å²) < 4.78 is 0. The second-order valence-electron chi connectivity index (χ2n) is 5.24. The first kappa shape index (κ1) is 24.5. The van der Waals surface area contributed by atoms with Gasteiger partial charge in [-0.3, -0.25) is 0 Å². The van der Waals surface area contributed by atoms with Gasteiger partial charge in [0.05, 0.1) is 0 Å². The Morgan fingerprint density at radius 1 is 0.350 bits per heavy atom. The van der Waals surface area contributed by atoms with Gasteiger partial charge in [-0.1, -0.05) is 104 Å². The van der Waals surface area contributed by atoms with Crippen molar-refractivity contribution < 1.29 is 0 Å². The standard InChI is InChI=1S/C16H34.2C2H4/c1-3-5-7-9-11-13-15-16-14-12-10-8-6-4-2;2*1-2/h3-16H2,1-2H3;2*1-2H2. The van der Waals surface area contributed by atoms with Crippen molar-refractivity contribution in [2.24, 2.45) is 0 Å². The fraction of sp³-hybridized carbons (Fsp3) is 0.800. The number of hydrogen-bond acceptors (Lipinski definition) is 0. The van der Waals surface area contributed by atoms with Crippen LogP contribution in [0.15, 0.2) is 26.3 Å². The largest absolute Gasteiger partial charge is 0.106 e. The van der Waals surface area contributed by atoms with Crippen molar-refractivity contribution in [2.45, 2.75) is 104 Å². The van der Waals surface area contributed by atoms with E-state index < -0.39 is 0 Å². The fourth-order valence-electron chi connectivity index (χ4n) is 2.27. The van der Waals surface area contributed by atoms with Gasteiger partial charge in [-0.05, 0) is 0 Å². The summed E-state index contributed by atoms with van der Waals surface area (Å²) in [6.45, 7) is 16.6. The molecule has 0 saturated carbocycles. The van der Waals surface area contributed by atoms with Crippen molar-refractivity contribution in [1.82, 2.24) is 0 Å². The van der Waals surface area contributed by atoms with Crippen LogP contribution in [0.2, 0.25) is 0 Å². The number of rotatable bonds is 13. The Hall–Kier alpha value is -0.520. The molecule has 0 radical (unpaired) electrons. The summed E-state index contributed by atoms with van der Waals surface area (Å²) in [5.74, 6) is 0. The summed E-state index contributed by atoms with van der Waals surface area (Å²) in [5, 5.41) is 0. The SMILES string of the molecule is C=C.C=C.CCCCCCCCCCCCCCCC. The Kier molecular flexibility index (Phi) is 38.1. The molecule has 0 N–H and O–H groups in total. The molecule has 0 saturated heterocycles. The molecule has 0 heteroatoms. The molecule has 20 heavy (non-hydrogen) atoms. The minimum absolute atomic E-state index is 1.37. The third kappa shape index (κ3) is 30.5. The van der Waals surface area contributed by atoms with Crippen molar-refractivity contribution in [2.75, 3.05) is 0 Å². The highest BCUT2D eigenvalue weighted by Crippen LogP contribution is 2.12. The Labute approximate surface area is 130 Å². The smallest absolute Gasteiger partial charge is 0.0533 e. The van der Waals surface area contributed by atoms with Crippen molar-refractivity contribution in [3.63, 3.8) is 0 Å². The maximum absolute atomic E-state index is 3.00. The first-order valence-corrected chi connectivity index (χ1v) is 8.91. The predicted molar refractivity (Wildman–Crippen MR) is 98.5 cm³/mol. The number of hydrogen-bond donors (Lipinski definition) is 0. The van der Waals surface area contributed by atoms with Crippen LogP contribution in [0.3, 0.4) is 0 Å². The van der Waals surface area contributed by atoms with E-state index in [0.29, 0.717) is 0 Å². The summed E-state index contributed by atoms with van der Waals surface area (Å²) >= 11 is 0. The van der Waals surface area contributed by atoms with Crippen molar-refractivity contribution >= 4 is 0 Å². The van der Waals surface area contributed by atoms with Gasteiger partial charge in [-0.25, -0.2) is 0 Å². The minimum Gasteiger partial charge on any atom is -0.106 e. The molecule has 0 heterocycles. The average Bonchev–Trinajstić information content (AvgIpc) is 2.52. The highest BCUT2D eigenvalue weighted by Gasteiger charge is 1.92. The lowest BCUT2D eigenvalue weighted by molar-refractivity contribution is 0.538. The fourth-order valence-corrected chi connectivity index (χ4v) is 2.27. The van der Waals surface area contributed by atoms with Crippen LogP contribution in [0.1, 0.15) is 104 Å². The molecule has 0 aromatic carbocycles. The predicted octanol–water partition coefficient (Wildman–Crippen LogP) is 8.09. The van der Waals surface area contributed by atoms with E-state index in [1.165, 1.54) is 89.9 Å². The normalized spacial score (nSPS) is 9.10. The number of unbranched alkanes of at least 4 members (excludes halogenated alkanes) is 13. The molecule has 0 unspecified atom stereocenters. The Balaban J connectivity index is -0.000000656. The zero-order chi connectivity index (χ0) is 15.9. The van der Waals surface area contributed by atoms with Crippen molar-refractivity contribution in [3.05, 3.63) is 26.3 Å². The molecule has 0 nitrogen and oxygen atoms in total. The first-order valence-electron chi connectivity index (χ1n) is 8.91. The summed E-state index contributed by atoms with van der Waals surface area (Å²) in [5.41, 5.74) is 0. The highest BCUT2D eigenvalue weighted by molar-refractivity contribution is 4.48. The lowest BCUT2D eigenvalue weighted by Gasteiger charge is -2.02. The molecule has 0 aliphatic carbocycles. The van der Waals surface area contributed by atoms with E-state index in [4.69, 9.17) is 0 Å². The van der Waals surface area contributed by atoms with Crippen LogP contribution in [0.5, 0.6) is 0 Å². The van der Waals surface area contributed by atoms with Crippen LogP contribution < -0.4 is 0 Å². The third-order valence-electron chi connectivity index (χ3n) is 3.46. The lowest BCUT2D eigenvalue weighted by Crippen LogP contribution is -1.82. The zero-order valence-electron chi connectivity index (χ0n) is 14.7. The second-order valence-corrected chi connectivity index (χ2v) is 5.24. The molecule has 0 fully saturated rings. The van der Waals surface area contributed by atoms with Gasteiger partial charge in [0.2, 0.25) is 0 Å². The van der Waals surface area contributed by atoms with Crippen molar-refractivity contribution in [3.8, 4) is 0 Å². The van der Waals surface area contributed by atoms with Crippen LogP contribution in [0, 0.1) is 0 Å². The Morgan fingerprint density at radius 2 is 0.500 bits per heavy atom. The van der Waals surface area contributed by atoms with Crippen LogP contribution in [-0.4, -0.2) is 0 Å². The zero-order valence-corrected chi connectivity index (χ0v) is 14.7. The van der Waals surface area contributed by atoms with Gasteiger partial charge in [-0.2, -0.15) is 0 Å². The van der Waals surface area contributed by atoms with Crippen molar-refractivity contribution in [1.29, 1.82) is 0 Å². The van der Waals surface area contributed by atoms with E-state index in [2.05, 4.69) is 40.2 Å².